The summed E-state index contributed by atoms with van der Waals surface area (Å²) in [5.41, 5.74) is 5.70. The molecular weight excluding hydrogens is 406 g/mol. The van der Waals surface area contributed by atoms with Gasteiger partial charge in [-0.1, -0.05) is 49.1 Å². The van der Waals surface area contributed by atoms with Crippen LogP contribution in [0.15, 0.2) is 54.0 Å². The van der Waals surface area contributed by atoms with Gasteiger partial charge in [0, 0.05) is 17.7 Å². The Balaban J connectivity index is 0.000000920. The van der Waals surface area contributed by atoms with E-state index >= 15 is 0 Å². The van der Waals surface area contributed by atoms with Gasteiger partial charge < -0.3 is 10.3 Å². The van der Waals surface area contributed by atoms with Crippen molar-refractivity contribution in [3.63, 3.8) is 0 Å². The summed E-state index contributed by atoms with van der Waals surface area (Å²) >= 11 is 0. The molecule has 174 valence electrons. The van der Waals surface area contributed by atoms with Gasteiger partial charge in [-0.15, -0.1) is 0 Å². The summed E-state index contributed by atoms with van der Waals surface area (Å²) in [5.74, 6) is 0.602. The number of hydroxylamine groups is 1. The summed E-state index contributed by atoms with van der Waals surface area (Å²) < 4.78 is 0. The minimum absolute atomic E-state index is 0.233. The van der Waals surface area contributed by atoms with Crippen LogP contribution < -0.4 is 5.48 Å². The SMILES string of the molecule is C=Cc1ccc(C/C=C/c2ccc(C[C@@H](COOC)NO)cc2)nc1N=C.CC(C)(C)O. The Bertz CT molecular complexity index is 852. The van der Waals surface area contributed by atoms with E-state index in [1.807, 2.05) is 42.5 Å². The molecule has 7 nitrogen and oxygen atoms in total. The minimum Gasteiger partial charge on any atom is -0.391 e. The predicted molar refractivity (Wildman–Crippen MR) is 130 cm³/mol. The number of aliphatic imine (C=N–C) groups is 1. The number of nitrogens with one attached hydrogen (secondary N) is 1. The molecule has 1 atom stereocenters. The zero-order valence-electron chi connectivity index (χ0n) is 19.4. The third kappa shape index (κ3) is 11.6. The fraction of sp³-hybridized carbons (Fsp3) is 0.360. The Labute approximate surface area is 191 Å². The van der Waals surface area contributed by atoms with Crippen molar-refractivity contribution in [3.8, 4) is 0 Å². The van der Waals surface area contributed by atoms with Gasteiger partial charge in [-0.05, 0) is 57.2 Å². The summed E-state index contributed by atoms with van der Waals surface area (Å²) in [4.78, 5) is 17.8. The fourth-order valence-corrected chi connectivity index (χ4v) is 2.56. The summed E-state index contributed by atoms with van der Waals surface area (Å²) in [5, 5.41) is 17.7. The summed E-state index contributed by atoms with van der Waals surface area (Å²) in [6.45, 7) is 12.8. The van der Waals surface area contributed by atoms with Crippen LogP contribution >= 0.6 is 0 Å². The van der Waals surface area contributed by atoms with Gasteiger partial charge in [0.25, 0.3) is 0 Å². The molecule has 0 saturated heterocycles. The lowest BCUT2D eigenvalue weighted by molar-refractivity contribution is -0.278. The molecule has 1 aromatic heterocycles. The fourth-order valence-electron chi connectivity index (χ4n) is 2.56. The third-order valence-electron chi connectivity index (χ3n) is 4.00. The average Bonchev–Trinajstić information content (AvgIpc) is 2.76. The van der Waals surface area contributed by atoms with Gasteiger partial charge in [0.15, 0.2) is 5.82 Å². The second-order valence-corrected chi connectivity index (χ2v) is 8.08. The zero-order chi connectivity index (χ0) is 24.0. The molecule has 2 rings (SSSR count). The Morgan fingerprint density at radius 3 is 2.38 bits per heavy atom. The van der Waals surface area contributed by atoms with Gasteiger partial charge in [-0.2, -0.15) is 5.48 Å². The maximum absolute atomic E-state index is 9.14. The zero-order valence-corrected chi connectivity index (χ0v) is 19.4. The number of pyridine rings is 1. The molecule has 1 aromatic carbocycles. The number of benzene rings is 1. The highest BCUT2D eigenvalue weighted by molar-refractivity contribution is 5.61. The summed E-state index contributed by atoms with van der Waals surface area (Å²) in [7, 11) is 1.44. The molecule has 0 unspecified atom stereocenters. The topological polar surface area (TPSA) is 96.2 Å². The van der Waals surface area contributed by atoms with Crippen LogP contribution in [-0.4, -0.2) is 47.4 Å². The monoisotopic (exact) mass is 441 g/mol. The number of allylic oxidation sites excluding steroid dienone is 1. The van der Waals surface area contributed by atoms with Crippen LogP contribution in [0.25, 0.3) is 12.2 Å². The molecule has 1 heterocycles. The molecule has 3 N–H and O–H groups in total. The van der Waals surface area contributed by atoms with Gasteiger partial charge in [0.2, 0.25) is 0 Å². The van der Waals surface area contributed by atoms with Gasteiger partial charge in [0.1, 0.15) is 6.61 Å². The van der Waals surface area contributed by atoms with E-state index in [1.54, 1.807) is 26.8 Å². The maximum Gasteiger partial charge on any atom is 0.158 e. The summed E-state index contributed by atoms with van der Waals surface area (Å²) in [6.07, 6.45) is 7.15. The maximum atomic E-state index is 9.14. The van der Waals surface area contributed by atoms with Crippen molar-refractivity contribution in [2.45, 2.75) is 45.3 Å². The lowest BCUT2D eigenvalue weighted by atomic mass is 10.0. The highest BCUT2D eigenvalue weighted by atomic mass is 17.2. The molecule has 0 aliphatic carbocycles. The van der Waals surface area contributed by atoms with E-state index in [-0.39, 0.29) is 12.6 Å². The van der Waals surface area contributed by atoms with Crippen LogP contribution in [0.5, 0.6) is 0 Å². The standard InChI is InChI=1S/C21H25N3O3.C4H10O/c1-4-18-12-13-19(23-21(18)22-2)7-5-6-16-8-10-17(11-9-16)14-20(24-25)15-27-26-3;1-4(2,3)5/h4-6,8-13,20,24-25H,1-2,7,14-15H2,3H3;5H,1-3H3/b6-5+;/t20-;/m0./s1. The van der Waals surface area contributed by atoms with E-state index in [4.69, 9.17) is 15.2 Å². The number of aliphatic hydroxyl groups is 1. The van der Waals surface area contributed by atoms with Crippen molar-refractivity contribution in [3.05, 3.63) is 71.4 Å². The van der Waals surface area contributed by atoms with Gasteiger partial charge in [0.05, 0.1) is 18.8 Å². The molecule has 2 aromatic rings. The third-order valence-corrected chi connectivity index (χ3v) is 4.00. The average molecular weight is 442 g/mol. The number of hydrogen-bond acceptors (Lipinski definition) is 7. The van der Waals surface area contributed by atoms with Gasteiger partial charge in [-0.3, -0.25) is 0 Å². The normalized spacial score (nSPS) is 12.2. The molecule has 0 saturated carbocycles. The molecule has 0 aliphatic rings. The number of nitrogens with zero attached hydrogens (tertiary/aromatic N) is 2. The molecule has 32 heavy (non-hydrogen) atoms. The minimum atomic E-state index is -0.500. The molecular formula is C25H35N3O4. The van der Waals surface area contributed by atoms with Crippen molar-refractivity contribution >= 4 is 24.7 Å². The van der Waals surface area contributed by atoms with Crippen LogP contribution in [0.4, 0.5) is 5.82 Å². The molecule has 0 aliphatic heterocycles. The molecule has 0 fully saturated rings. The lowest BCUT2D eigenvalue weighted by Gasteiger charge is -2.13. The second kappa shape index (κ2) is 14.4. The first-order chi connectivity index (χ1) is 15.2. The Hall–Kier alpha value is -2.68. The quantitative estimate of drug-likeness (QED) is 0.269. The van der Waals surface area contributed by atoms with Crippen LogP contribution in [0.1, 0.15) is 43.2 Å². The predicted octanol–water partition coefficient (Wildman–Crippen LogP) is 4.56. The van der Waals surface area contributed by atoms with Crippen molar-refractivity contribution in [2.24, 2.45) is 4.99 Å². The highest BCUT2D eigenvalue weighted by Gasteiger charge is 2.09. The van der Waals surface area contributed by atoms with Crippen LogP contribution in [-0.2, 0) is 22.6 Å². The first kappa shape index (κ1) is 27.4. The van der Waals surface area contributed by atoms with Crippen molar-refractivity contribution in [2.75, 3.05) is 13.7 Å². The number of hydrogen-bond donors (Lipinski definition) is 3. The summed E-state index contributed by atoms with van der Waals surface area (Å²) in [6, 6.07) is 11.8. The Kier molecular flexibility index (Phi) is 12.3. The lowest BCUT2D eigenvalue weighted by Crippen LogP contribution is -2.32. The molecule has 0 bridgehead atoms. The van der Waals surface area contributed by atoms with E-state index in [0.29, 0.717) is 18.7 Å². The number of aromatic nitrogens is 1. The Morgan fingerprint density at radius 1 is 1.19 bits per heavy atom. The van der Waals surface area contributed by atoms with Crippen LogP contribution in [0, 0.1) is 0 Å². The smallest absolute Gasteiger partial charge is 0.158 e. The highest BCUT2D eigenvalue weighted by Crippen LogP contribution is 2.18. The number of rotatable bonds is 11. The van der Waals surface area contributed by atoms with Crippen LogP contribution in [0.3, 0.4) is 0 Å². The van der Waals surface area contributed by atoms with E-state index < -0.39 is 5.60 Å². The first-order valence-corrected chi connectivity index (χ1v) is 10.3. The van der Waals surface area contributed by atoms with E-state index in [1.165, 1.54) is 7.11 Å². The van der Waals surface area contributed by atoms with Gasteiger partial charge >= 0.3 is 0 Å². The molecule has 0 radical (unpaired) electrons. The second-order valence-electron chi connectivity index (χ2n) is 8.08. The van der Waals surface area contributed by atoms with Gasteiger partial charge in [-0.25, -0.2) is 19.8 Å². The van der Waals surface area contributed by atoms with E-state index in [9.17, 15) is 0 Å². The molecule has 0 spiro atoms. The largest absolute Gasteiger partial charge is 0.391 e. The van der Waals surface area contributed by atoms with E-state index in [2.05, 4.69) is 39.7 Å². The van der Waals surface area contributed by atoms with Crippen molar-refractivity contribution < 1.29 is 20.1 Å². The molecule has 0 amide bonds. The Morgan fingerprint density at radius 2 is 1.84 bits per heavy atom. The first-order valence-electron chi connectivity index (χ1n) is 10.3. The van der Waals surface area contributed by atoms with E-state index in [0.717, 1.165) is 22.4 Å². The van der Waals surface area contributed by atoms with Crippen molar-refractivity contribution in [1.82, 2.24) is 10.5 Å². The molecule has 7 heteroatoms. The van der Waals surface area contributed by atoms with Crippen LogP contribution in [0.2, 0.25) is 0 Å². The van der Waals surface area contributed by atoms with Crippen molar-refractivity contribution in [1.29, 1.82) is 0 Å².